The molecule has 2 rings (SSSR count). The molecule has 0 saturated carbocycles. The highest BCUT2D eigenvalue weighted by molar-refractivity contribution is 5.33. The van der Waals surface area contributed by atoms with E-state index in [0.717, 1.165) is 19.3 Å². The largest absolute Gasteiger partial charge is 0.368 e. The molecule has 1 aliphatic rings. The molecule has 0 aromatic carbocycles. The van der Waals surface area contributed by atoms with Crippen LogP contribution in [0.5, 0.6) is 0 Å². The summed E-state index contributed by atoms with van der Waals surface area (Å²) in [5, 5.41) is 9.86. The van der Waals surface area contributed by atoms with Gasteiger partial charge >= 0.3 is 0 Å². The maximum absolute atomic E-state index is 5.44. The van der Waals surface area contributed by atoms with Crippen LogP contribution in [-0.4, -0.2) is 20.7 Å². The number of nitrogen functional groups attached to an aromatic ring is 1. The van der Waals surface area contributed by atoms with Gasteiger partial charge in [-0.15, -0.1) is 5.10 Å². The van der Waals surface area contributed by atoms with E-state index in [1.165, 1.54) is 0 Å². The summed E-state index contributed by atoms with van der Waals surface area (Å²) in [6.07, 6.45) is 7.59. The van der Waals surface area contributed by atoms with Crippen molar-refractivity contribution in [2.75, 3.05) is 11.1 Å². The summed E-state index contributed by atoms with van der Waals surface area (Å²) in [6, 6.07) is 0. The first kappa shape index (κ1) is 9.05. The number of H-pyrrole nitrogens is 1. The molecule has 0 aliphatic heterocycles. The summed E-state index contributed by atoms with van der Waals surface area (Å²) in [5.74, 6) is 0.933. The molecule has 1 aromatic rings. The molecule has 1 aliphatic carbocycles. The van der Waals surface area contributed by atoms with Crippen LogP contribution >= 0.6 is 0 Å². The Morgan fingerprint density at radius 3 is 3.00 bits per heavy atom. The van der Waals surface area contributed by atoms with Gasteiger partial charge in [0, 0.05) is 5.54 Å². The first-order chi connectivity index (χ1) is 6.68. The van der Waals surface area contributed by atoms with Crippen molar-refractivity contribution in [3.8, 4) is 0 Å². The zero-order valence-electron chi connectivity index (χ0n) is 8.25. The predicted molar refractivity (Wildman–Crippen MR) is 55.8 cm³/mol. The molecular formula is C9H15N5. The SMILES string of the molecule is CC1(Nc2n[nH]c(N)n2)CC=CCC1. The molecule has 1 heterocycles. The molecule has 14 heavy (non-hydrogen) atoms. The second-order valence-corrected chi connectivity index (χ2v) is 3.94. The minimum absolute atomic E-state index is 0.0589. The molecule has 0 fully saturated rings. The van der Waals surface area contributed by atoms with Crippen LogP contribution < -0.4 is 11.1 Å². The highest BCUT2D eigenvalue weighted by Gasteiger charge is 2.25. The molecule has 0 radical (unpaired) electrons. The number of rotatable bonds is 2. The summed E-state index contributed by atoms with van der Waals surface area (Å²) in [6.45, 7) is 2.17. The molecule has 0 amide bonds. The first-order valence-electron chi connectivity index (χ1n) is 4.79. The number of hydrogen-bond donors (Lipinski definition) is 3. The van der Waals surface area contributed by atoms with E-state index < -0.39 is 0 Å². The maximum Gasteiger partial charge on any atom is 0.244 e. The molecule has 0 saturated heterocycles. The fourth-order valence-corrected chi connectivity index (χ4v) is 1.68. The Morgan fingerprint density at radius 2 is 2.43 bits per heavy atom. The van der Waals surface area contributed by atoms with E-state index in [-0.39, 0.29) is 5.54 Å². The van der Waals surface area contributed by atoms with Crippen LogP contribution in [0.3, 0.4) is 0 Å². The molecule has 1 aromatic heterocycles. The lowest BCUT2D eigenvalue weighted by Crippen LogP contribution is -2.35. The Balaban J connectivity index is 2.06. The third kappa shape index (κ3) is 1.86. The lowest BCUT2D eigenvalue weighted by molar-refractivity contribution is 0.463. The van der Waals surface area contributed by atoms with Crippen LogP contribution in [0, 0.1) is 0 Å². The van der Waals surface area contributed by atoms with Crippen molar-refractivity contribution >= 4 is 11.9 Å². The van der Waals surface area contributed by atoms with Gasteiger partial charge in [-0.3, -0.25) is 0 Å². The number of nitrogens with one attached hydrogen (secondary N) is 2. The molecule has 1 unspecified atom stereocenters. The van der Waals surface area contributed by atoms with Gasteiger partial charge in [-0.05, 0) is 26.2 Å². The average Bonchev–Trinajstić information content (AvgIpc) is 2.51. The average molecular weight is 193 g/mol. The molecule has 4 N–H and O–H groups in total. The van der Waals surface area contributed by atoms with Crippen molar-refractivity contribution in [3.63, 3.8) is 0 Å². The van der Waals surface area contributed by atoms with Crippen molar-refractivity contribution < 1.29 is 0 Å². The number of hydrogen-bond acceptors (Lipinski definition) is 4. The number of nitrogens with zero attached hydrogens (tertiary/aromatic N) is 2. The summed E-state index contributed by atoms with van der Waals surface area (Å²) >= 11 is 0. The van der Waals surface area contributed by atoms with Gasteiger partial charge in [0.15, 0.2) is 0 Å². The van der Waals surface area contributed by atoms with E-state index in [0.29, 0.717) is 11.9 Å². The maximum atomic E-state index is 5.44. The van der Waals surface area contributed by atoms with Gasteiger partial charge in [-0.1, -0.05) is 12.2 Å². The second kappa shape index (κ2) is 3.32. The summed E-state index contributed by atoms with van der Waals surface area (Å²) in [7, 11) is 0. The van der Waals surface area contributed by atoms with Crippen LogP contribution in [0.4, 0.5) is 11.9 Å². The molecule has 1 atom stereocenters. The van der Waals surface area contributed by atoms with Crippen LogP contribution in [-0.2, 0) is 0 Å². The fraction of sp³-hybridized carbons (Fsp3) is 0.556. The van der Waals surface area contributed by atoms with Gasteiger partial charge in [0.25, 0.3) is 0 Å². The summed E-state index contributed by atoms with van der Waals surface area (Å²) < 4.78 is 0. The van der Waals surface area contributed by atoms with Crippen LogP contribution in [0.25, 0.3) is 0 Å². The van der Waals surface area contributed by atoms with Crippen molar-refractivity contribution in [1.29, 1.82) is 0 Å². The Kier molecular flexibility index (Phi) is 2.15. The number of allylic oxidation sites excluding steroid dienone is 1. The van der Waals surface area contributed by atoms with E-state index in [1.54, 1.807) is 0 Å². The second-order valence-electron chi connectivity index (χ2n) is 3.94. The van der Waals surface area contributed by atoms with Crippen LogP contribution in [0.1, 0.15) is 26.2 Å². The van der Waals surface area contributed by atoms with E-state index in [2.05, 4.69) is 39.6 Å². The van der Waals surface area contributed by atoms with Crippen molar-refractivity contribution in [2.24, 2.45) is 0 Å². The Hall–Kier alpha value is -1.52. The standard InChI is InChI=1S/C9H15N5/c1-9(5-3-2-4-6-9)12-8-11-7(10)13-14-8/h2-3H,4-6H2,1H3,(H4,10,11,12,13,14). The Morgan fingerprint density at radius 1 is 1.57 bits per heavy atom. The first-order valence-corrected chi connectivity index (χ1v) is 4.79. The zero-order valence-corrected chi connectivity index (χ0v) is 8.25. The highest BCUT2D eigenvalue weighted by atomic mass is 15.3. The highest BCUT2D eigenvalue weighted by Crippen LogP contribution is 2.26. The lowest BCUT2D eigenvalue weighted by atomic mass is 9.88. The van der Waals surface area contributed by atoms with Gasteiger partial charge in [0.1, 0.15) is 0 Å². The van der Waals surface area contributed by atoms with E-state index in [9.17, 15) is 0 Å². The quantitative estimate of drug-likeness (QED) is 0.618. The van der Waals surface area contributed by atoms with Crippen LogP contribution in [0.2, 0.25) is 0 Å². The fourth-order valence-electron chi connectivity index (χ4n) is 1.68. The molecule has 0 spiro atoms. The lowest BCUT2D eigenvalue weighted by Gasteiger charge is -2.31. The molecule has 0 bridgehead atoms. The van der Waals surface area contributed by atoms with Crippen molar-refractivity contribution in [2.45, 2.75) is 31.7 Å². The Bertz CT molecular complexity index is 343. The minimum Gasteiger partial charge on any atom is -0.368 e. The molecule has 5 heteroatoms. The number of aromatic nitrogens is 3. The van der Waals surface area contributed by atoms with Crippen molar-refractivity contribution in [3.05, 3.63) is 12.2 Å². The topological polar surface area (TPSA) is 79.6 Å². The van der Waals surface area contributed by atoms with E-state index in [1.807, 2.05) is 0 Å². The van der Waals surface area contributed by atoms with Gasteiger partial charge in [-0.25, -0.2) is 5.10 Å². The van der Waals surface area contributed by atoms with Gasteiger partial charge in [0.2, 0.25) is 11.9 Å². The van der Waals surface area contributed by atoms with Crippen LogP contribution in [0.15, 0.2) is 12.2 Å². The van der Waals surface area contributed by atoms with Gasteiger partial charge in [0.05, 0.1) is 0 Å². The van der Waals surface area contributed by atoms with Gasteiger partial charge in [-0.2, -0.15) is 4.98 Å². The minimum atomic E-state index is 0.0589. The third-order valence-corrected chi connectivity index (χ3v) is 2.51. The smallest absolute Gasteiger partial charge is 0.244 e. The number of nitrogens with two attached hydrogens (primary N) is 1. The van der Waals surface area contributed by atoms with E-state index >= 15 is 0 Å². The predicted octanol–water partition coefficient (Wildman–Crippen LogP) is 1.30. The Labute approximate surface area is 82.8 Å². The van der Waals surface area contributed by atoms with Crippen molar-refractivity contribution in [1.82, 2.24) is 15.2 Å². The third-order valence-electron chi connectivity index (χ3n) is 2.51. The summed E-state index contributed by atoms with van der Waals surface area (Å²) in [4.78, 5) is 4.03. The summed E-state index contributed by atoms with van der Waals surface area (Å²) in [5.41, 5.74) is 5.50. The molecule has 5 nitrogen and oxygen atoms in total. The zero-order chi connectivity index (χ0) is 10.0. The monoisotopic (exact) mass is 193 g/mol. The number of aromatic amines is 1. The number of anilines is 2. The normalized spacial score (nSPS) is 26.4. The van der Waals surface area contributed by atoms with E-state index in [4.69, 9.17) is 5.73 Å². The molecular weight excluding hydrogens is 178 g/mol. The van der Waals surface area contributed by atoms with Gasteiger partial charge < -0.3 is 11.1 Å². The molecule has 76 valence electrons.